The van der Waals surface area contributed by atoms with E-state index in [0.717, 1.165) is 0 Å². The number of hydrogen-bond acceptors (Lipinski definition) is 6. The number of aromatic nitrogens is 1. The van der Waals surface area contributed by atoms with Gasteiger partial charge in [0.1, 0.15) is 5.82 Å². The van der Waals surface area contributed by atoms with Gasteiger partial charge in [-0.15, -0.1) is 0 Å². The number of hydrogen-bond donors (Lipinski definition) is 3. The van der Waals surface area contributed by atoms with E-state index in [-0.39, 0.29) is 24.0 Å². The summed E-state index contributed by atoms with van der Waals surface area (Å²) in [7, 11) is 0. The molecule has 1 saturated heterocycles. The average molecular weight is 280 g/mol. The van der Waals surface area contributed by atoms with Crippen LogP contribution in [0.25, 0.3) is 0 Å². The number of carbonyl (C=O) groups excluding carboxylic acids is 1. The smallest absolute Gasteiger partial charge is 0.250 e. The Morgan fingerprint density at radius 1 is 1.65 bits per heavy atom. The van der Waals surface area contributed by atoms with Crippen LogP contribution in [0.4, 0.5) is 11.5 Å². The molecule has 0 saturated carbocycles. The van der Waals surface area contributed by atoms with Crippen molar-refractivity contribution in [3.8, 4) is 0 Å². The molecule has 7 heteroatoms. The lowest BCUT2D eigenvalue weighted by atomic mass is 10.0. The lowest BCUT2D eigenvalue weighted by Gasteiger charge is -2.42. The third kappa shape index (κ3) is 3.00. The van der Waals surface area contributed by atoms with Gasteiger partial charge in [0.25, 0.3) is 5.91 Å². The first-order valence-electron chi connectivity index (χ1n) is 6.41. The van der Waals surface area contributed by atoms with Crippen molar-refractivity contribution < 1.29 is 14.6 Å². The van der Waals surface area contributed by atoms with E-state index in [9.17, 15) is 9.90 Å². The summed E-state index contributed by atoms with van der Waals surface area (Å²) in [4.78, 5) is 17.5. The zero-order chi connectivity index (χ0) is 14.9. The highest BCUT2D eigenvalue weighted by Crippen LogP contribution is 2.26. The van der Waals surface area contributed by atoms with Crippen molar-refractivity contribution in [2.45, 2.75) is 25.6 Å². The van der Waals surface area contributed by atoms with Crippen LogP contribution in [-0.4, -0.2) is 47.4 Å². The molecule has 1 fully saturated rings. The Kier molecular flexibility index (Phi) is 3.82. The molecule has 0 radical (unpaired) electrons. The van der Waals surface area contributed by atoms with Crippen molar-refractivity contribution in [1.82, 2.24) is 4.98 Å². The lowest BCUT2D eigenvalue weighted by Crippen LogP contribution is -2.54. The first-order chi connectivity index (χ1) is 9.32. The fourth-order valence-corrected chi connectivity index (χ4v) is 2.41. The van der Waals surface area contributed by atoms with E-state index < -0.39 is 11.5 Å². The number of carbonyl (C=O) groups is 1. The minimum absolute atomic E-state index is 0.0718. The van der Waals surface area contributed by atoms with E-state index in [2.05, 4.69) is 4.98 Å². The Hall–Kier alpha value is -1.86. The SMILES string of the molecule is CC1(C)CN(c2cc(C(N)=O)c(N)cn2)CC(CO)O1. The van der Waals surface area contributed by atoms with Crippen LogP contribution >= 0.6 is 0 Å². The minimum atomic E-state index is -0.586. The van der Waals surface area contributed by atoms with Crippen LogP contribution in [0.3, 0.4) is 0 Å². The molecule has 0 aromatic carbocycles. The summed E-state index contributed by atoms with van der Waals surface area (Å²) in [6, 6.07) is 1.58. The molecule has 1 aromatic rings. The Bertz CT molecular complexity index is 518. The lowest BCUT2D eigenvalue weighted by molar-refractivity contribution is -0.101. The van der Waals surface area contributed by atoms with Crippen molar-refractivity contribution in [3.05, 3.63) is 17.8 Å². The van der Waals surface area contributed by atoms with E-state index in [1.165, 1.54) is 6.20 Å². The van der Waals surface area contributed by atoms with Crippen LogP contribution in [0, 0.1) is 0 Å². The monoisotopic (exact) mass is 280 g/mol. The zero-order valence-electron chi connectivity index (χ0n) is 11.7. The third-order valence-electron chi connectivity index (χ3n) is 3.19. The second-order valence-corrected chi connectivity index (χ2v) is 5.56. The van der Waals surface area contributed by atoms with Crippen LogP contribution in [0.1, 0.15) is 24.2 Å². The number of rotatable bonds is 3. The normalized spacial score (nSPS) is 21.8. The molecular weight excluding hydrogens is 260 g/mol. The van der Waals surface area contributed by atoms with Gasteiger partial charge in [0, 0.05) is 13.1 Å². The van der Waals surface area contributed by atoms with E-state index in [1.807, 2.05) is 18.7 Å². The van der Waals surface area contributed by atoms with Crippen LogP contribution in [0.15, 0.2) is 12.3 Å². The molecule has 2 heterocycles. The molecule has 0 spiro atoms. The maximum Gasteiger partial charge on any atom is 0.250 e. The fraction of sp³-hybridized carbons (Fsp3) is 0.538. The summed E-state index contributed by atoms with van der Waals surface area (Å²) in [5.74, 6) is 0.0141. The predicted molar refractivity (Wildman–Crippen MR) is 75.4 cm³/mol. The highest BCUT2D eigenvalue weighted by Gasteiger charge is 2.33. The van der Waals surface area contributed by atoms with Crippen LogP contribution < -0.4 is 16.4 Å². The van der Waals surface area contributed by atoms with Gasteiger partial charge in [-0.3, -0.25) is 4.79 Å². The maximum absolute atomic E-state index is 11.3. The van der Waals surface area contributed by atoms with Crippen molar-refractivity contribution in [3.63, 3.8) is 0 Å². The summed E-state index contributed by atoms with van der Waals surface area (Å²) in [6.45, 7) is 4.90. The van der Waals surface area contributed by atoms with Gasteiger partial charge in [0.15, 0.2) is 0 Å². The molecule has 20 heavy (non-hydrogen) atoms. The number of ether oxygens (including phenoxy) is 1. The van der Waals surface area contributed by atoms with Crippen LogP contribution in [-0.2, 0) is 4.74 Å². The maximum atomic E-state index is 11.3. The molecule has 0 bridgehead atoms. The molecule has 2 rings (SSSR count). The Morgan fingerprint density at radius 3 is 2.95 bits per heavy atom. The average Bonchev–Trinajstić information content (AvgIpc) is 2.36. The van der Waals surface area contributed by atoms with Crippen molar-refractivity contribution in [1.29, 1.82) is 0 Å². The quantitative estimate of drug-likeness (QED) is 0.702. The van der Waals surface area contributed by atoms with Gasteiger partial charge in [-0.25, -0.2) is 4.98 Å². The summed E-state index contributed by atoms with van der Waals surface area (Å²) in [5, 5.41) is 9.31. The van der Waals surface area contributed by atoms with Gasteiger partial charge in [0.05, 0.1) is 35.8 Å². The van der Waals surface area contributed by atoms with E-state index in [4.69, 9.17) is 16.2 Å². The van der Waals surface area contributed by atoms with E-state index in [1.54, 1.807) is 6.07 Å². The second kappa shape index (κ2) is 5.26. The third-order valence-corrected chi connectivity index (χ3v) is 3.19. The van der Waals surface area contributed by atoms with Crippen molar-refractivity contribution in [2.24, 2.45) is 5.73 Å². The van der Waals surface area contributed by atoms with E-state index >= 15 is 0 Å². The zero-order valence-corrected chi connectivity index (χ0v) is 11.7. The standard InChI is InChI=1S/C13H20N4O3/c1-13(2)7-17(5-8(6-18)20-13)11-3-9(12(15)19)10(14)4-16-11/h3-4,8,18H,5-7,14H2,1-2H3,(H2,15,19). The number of nitrogens with two attached hydrogens (primary N) is 2. The van der Waals surface area contributed by atoms with Gasteiger partial charge < -0.3 is 26.2 Å². The number of anilines is 2. The van der Waals surface area contributed by atoms with Crippen LogP contribution in [0.2, 0.25) is 0 Å². The number of amides is 1. The molecule has 5 N–H and O–H groups in total. The molecule has 1 aliphatic rings. The van der Waals surface area contributed by atoms with E-state index in [0.29, 0.717) is 18.9 Å². The molecule has 1 aliphatic heterocycles. The number of morpholine rings is 1. The summed E-state index contributed by atoms with van der Waals surface area (Å²) in [5.41, 5.74) is 11.1. The number of aliphatic hydroxyl groups is 1. The van der Waals surface area contributed by atoms with Gasteiger partial charge >= 0.3 is 0 Å². The minimum Gasteiger partial charge on any atom is -0.397 e. The molecule has 110 valence electrons. The topological polar surface area (TPSA) is 115 Å². The van der Waals surface area contributed by atoms with Crippen molar-refractivity contribution in [2.75, 3.05) is 30.3 Å². The number of aliphatic hydroxyl groups excluding tert-OH is 1. The Labute approximate surface area is 117 Å². The molecular formula is C13H20N4O3. The highest BCUT2D eigenvalue weighted by molar-refractivity contribution is 5.98. The summed E-state index contributed by atoms with van der Waals surface area (Å²) < 4.78 is 5.74. The molecule has 7 nitrogen and oxygen atoms in total. The number of nitrogen functional groups attached to an aromatic ring is 1. The van der Waals surface area contributed by atoms with Gasteiger partial charge in [-0.1, -0.05) is 0 Å². The Balaban J connectivity index is 2.30. The van der Waals surface area contributed by atoms with Gasteiger partial charge in [-0.2, -0.15) is 0 Å². The number of nitrogens with zero attached hydrogens (tertiary/aromatic N) is 2. The van der Waals surface area contributed by atoms with Crippen LogP contribution in [0.5, 0.6) is 0 Å². The first kappa shape index (κ1) is 14.5. The molecule has 1 amide bonds. The Morgan fingerprint density at radius 2 is 2.35 bits per heavy atom. The predicted octanol–water partition coefficient (Wildman–Crippen LogP) is -0.261. The molecule has 1 aromatic heterocycles. The summed E-state index contributed by atoms with van der Waals surface area (Å²) in [6.07, 6.45) is 1.13. The molecule has 1 unspecified atom stereocenters. The molecule has 1 atom stereocenters. The fourth-order valence-electron chi connectivity index (χ4n) is 2.41. The van der Waals surface area contributed by atoms with Crippen molar-refractivity contribution >= 4 is 17.4 Å². The highest BCUT2D eigenvalue weighted by atomic mass is 16.5. The second-order valence-electron chi connectivity index (χ2n) is 5.56. The number of pyridine rings is 1. The molecule has 0 aliphatic carbocycles. The first-order valence-corrected chi connectivity index (χ1v) is 6.41. The number of primary amides is 1. The van der Waals surface area contributed by atoms with Gasteiger partial charge in [-0.05, 0) is 19.9 Å². The largest absolute Gasteiger partial charge is 0.397 e. The van der Waals surface area contributed by atoms with Gasteiger partial charge in [0.2, 0.25) is 0 Å². The summed E-state index contributed by atoms with van der Waals surface area (Å²) >= 11 is 0.